The highest BCUT2D eigenvalue weighted by atomic mass is 19.1. The fraction of sp³-hybridized carbons (Fsp3) is 0.400. The third-order valence-electron chi connectivity index (χ3n) is 1.84. The molecule has 0 spiro atoms. The van der Waals surface area contributed by atoms with E-state index in [2.05, 4.69) is 5.32 Å². The van der Waals surface area contributed by atoms with Crippen molar-refractivity contribution in [3.63, 3.8) is 0 Å². The van der Waals surface area contributed by atoms with Crippen molar-refractivity contribution < 1.29 is 13.2 Å². The van der Waals surface area contributed by atoms with Crippen LogP contribution in [0.5, 0.6) is 0 Å². The molecule has 0 fully saturated rings. The number of unbranched alkanes of at least 4 members (excludes halogenated alkanes) is 1. The maximum atomic E-state index is 13.0. The van der Waals surface area contributed by atoms with E-state index in [9.17, 15) is 13.2 Å². The molecule has 0 saturated heterocycles. The summed E-state index contributed by atoms with van der Waals surface area (Å²) in [6.07, 6.45) is 1.74. The van der Waals surface area contributed by atoms with Crippen LogP contribution in [-0.2, 0) is 0 Å². The Labute approximate surface area is 80.9 Å². The number of hydrogen-bond donors (Lipinski definition) is 1. The largest absolute Gasteiger partial charge is 0.380 e. The first-order chi connectivity index (χ1) is 6.65. The zero-order chi connectivity index (χ0) is 10.6. The van der Waals surface area contributed by atoms with E-state index in [1.54, 1.807) is 0 Å². The SMILES string of the molecule is CCCCNc1c(F)cc(F)cc1F. The Morgan fingerprint density at radius 3 is 2.21 bits per heavy atom. The Morgan fingerprint density at radius 2 is 1.71 bits per heavy atom. The van der Waals surface area contributed by atoms with Crippen LogP contribution >= 0.6 is 0 Å². The van der Waals surface area contributed by atoms with Crippen molar-refractivity contribution in [3.8, 4) is 0 Å². The first kappa shape index (κ1) is 10.9. The first-order valence-electron chi connectivity index (χ1n) is 4.53. The molecule has 78 valence electrons. The van der Waals surface area contributed by atoms with Gasteiger partial charge in [-0.1, -0.05) is 13.3 Å². The van der Waals surface area contributed by atoms with Crippen LogP contribution in [0.3, 0.4) is 0 Å². The second kappa shape index (κ2) is 4.88. The summed E-state index contributed by atoms with van der Waals surface area (Å²) >= 11 is 0. The minimum atomic E-state index is -0.902. The van der Waals surface area contributed by atoms with Crippen LogP contribution in [-0.4, -0.2) is 6.54 Å². The quantitative estimate of drug-likeness (QED) is 0.740. The predicted octanol–water partition coefficient (Wildman–Crippen LogP) is 3.32. The molecule has 0 heterocycles. The molecule has 0 aliphatic rings. The van der Waals surface area contributed by atoms with Crippen molar-refractivity contribution in [2.75, 3.05) is 11.9 Å². The molecule has 1 aromatic carbocycles. The topological polar surface area (TPSA) is 12.0 Å². The molecule has 0 aromatic heterocycles. The van der Waals surface area contributed by atoms with E-state index in [0.29, 0.717) is 18.7 Å². The summed E-state index contributed by atoms with van der Waals surface area (Å²) in [5.41, 5.74) is -0.250. The second-order valence-corrected chi connectivity index (χ2v) is 3.02. The Morgan fingerprint density at radius 1 is 1.14 bits per heavy atom. The molecular formula is C10H12F3N. The van der Waals surface area contributed by atoms with Crippen LogP contribution in [0.1, 0.15) is 19.8 Å². The minimum Gasteiger partial charge on any atom is -0.380 e. The van der Waals surface area contributed by atoms with E-state index in [-0.39, 0.29) is 5.69 Å². The van der Waals surface area contributed by atoms with Crippen molar-refractivity contribution >= 4 is 5.69 Å². The van der Waals surface area contributed by atoms with Gasteiger partial charge in [0, 0.05) is 18.7 Å². The Bertz CT molecular complexity index is 289. The molecule has 1 rings (SSSR count). The fourth-order valence-electron chi connectivity index (χ4n) is 1.10. The molecule has 0 amide bonds. The van der Waals surface area contributed by atoms with Gasteiger partial charge >= 0.3 is 0 Å². The average Bonchev–Trinajstić information content (AvgIpc) is 2.09. The van der Waals surface area contributed by atoms with Gasteiger partial charge in [0.25, 0.3) is 0 Å². The number of benzene rings is 1. The highest BCUT2D eigenvalue weighted by molar-refractivity contribution is 5.46. The molecule has 0 unspecified atom stereocenters. The molecule has 0 atom stereocenters. The lowest BCUT2D eigenvalue weighted by Crippen LogP contribution is -2.05. The smallest absolute Gasteiger partial charge is 0.152 e. The summed E-state index contributed by atoms with van der Waals surface area (Å²) < 4.78 is 38.5. The number of anilines is 1. The van der Waals surface area contributed by atoms with Crippen molar-refractivity contribution in [2.24, 2.45) is 0 Å². The monoisotopic (exact) mass is 203 g/mol. The van der Waals surface area contributed by atoms with Gasteiger partial charge < -0.3 is 5.32 Å². The summed E-state index contributed by atoms with van der Waals surface area (Å²) in [6.45, 7) is 2.45. The van der Waals surface area contributed by atoms with E-state index in [0.717, 1.165) is 12.8 Å². The molecule has 14 heavy (non-hydrogen) atoms. The lowest BCUT2D eigenvalue weighted by atomic mass is 10.2. The van der Waals surface area contributed by atoms with E-state index < -0.39 is 17.5 Å². The van der Waals surface area contributed by atoms with Crippen molar-refractivity contribution in [3.05, 3.63) is 29.6 Å². The van der Waals surface area contributed by atoms with Gasteiger partial charge in [-0.05, 0) is 6.42 Å². The third kappa shape index (κ3) is 2.65. The van der Waals surface area contributed by atoms with Crippen molar-refractivity contribution in [1.29, 1.82) is 0 Å². The molecule has 0 bridgehead atoms. The standard InChI is InChI=1S/C10H12F3N/c1-2-3-4-14-10-8(12)5-7(11)6-9(10)13/h5-6,14H,2-4H2,1H3. The minimum absolute atomic E-state index is 0.250. The first-order valence-corrected chi connectivity index (χ1v) is 4.53. The summed E-state index contributed by atoms with van der Waals surface area (Å²) in [5, 5.41) is 2.59. The van der Waals surface area contributed by atoms with E-state index in [4.69, 9.17) is 0 Å². The van der Waals surface area contributed by atoms with Gasteiger partial charge in [-0.2, -0.15) is 0 Å². The highest BCUT2D eigenvalue weighted by Crippen LogP contribution is 2.19. The molecule has 0 saturated carbocycles. The average molecular weight is 203 g/mol. The number of halogens is 3. The fourth-order valence-corrected chi connectivity index (χ4v) is 1.10. The van der Waals surface area contributed by atoms with Crippen LogP contribution in [0.2, 0.25) is 0 Å². The lowest BCUT2D eigenvalue weighted by molar-refractivity contribution is 0.547. The normalized spacial score (nSPS) is 10.3. The summed E-state index contributed by atoms with van der Waals surface area (Å²) in [5.74, 6) is -2.68. The number of nitrogens with one attached hydrogen (secondary N) is 1. The maximum Gasteiger partial charge on any atom is 0.152 e. The molecule has 1 N–H and O–H groups in total. The molecule has 1 nitrogen and oxygen atoms in total. The van der Waals surface area contributed by atoms with Crippen LogP contribution in [0.4, 0.5) is 18.9 Å². The third-order valence-corrected chi connectivity index (χ3v) is 1.84. The van der Waals surface area contributed by atoms with Gasteiger partial charge in [-0.15, -0.1) is 0 Å². The number of hydrogen-bond acceptors (Lipinski definition) is 1. The summed E-state index contributed by atoms with van der Waals surface area (Å²) in [4.78, 5) is 0. The molecule has 1 aromatic rings. The zero-order valence-electron chi connectivity index (χ0n) is 7.91. The molecule has 0 radical (unpaired) electrons. The van der Waals surface area contributed by atoms with Crippen molar-refractivity contribution in [2.45, 2.75) is 19.8 Å². The van der Waals surface area contributed by atoms with E-state index in [1.807, 2.05) is 6.92 Å². The highest BCUT2D eigenvalue weighted by Gasteiger charge is 2.09. The van der Waals surface area contributed by atoms with Crippen LogP contribution < -0.4 is 5.32 Å². The van der Waals surface area contributed by atoms with Crippen LogP contribution in [0.25, 0.3) is 0 Å². The van der Waals surface area contributed by atoms with Crippen molar-refractivity contribution in [1.82, 2.24) is 0 Å². The van der Waals surface area contributed by atoms with Gasteiger partial charge in [-0.25, -0.2) is 13.2 Å². The second-order valence-electron chi connectivity index (χ2n) is 3.02. The van der Waals surface area contributed by atoms with Gasteiger partial charge in [0.15, 0.2) is 11.6 Å². The lowest BCUT2D eigenvalue weighted by Gasteiger charge is -2.07. The molecule has 4 heteroatoms. The predicted molar refractivity (Wildman–Crippen MR) is 49.7 cm³/mol. The van der Waals surface area contributed by atoms with Crippen LogP contribution in [0, 0.1) is 17.5 Å². The summed E-state index contributed by atoms with van der Waals surface area (Å²) in [6, 6.07) is 1.33. The number of rotatable bonds is 4. The Kier molecular flexibility index (Phi) is 3.80. The molecule has 0 aliphatic heterocycles. The zero-order valence-corrected chi connectivity index (χ0v) is 7.91. The van der Waals surface area contributed by atoms with Crippen LogP contribution in [0.15, 0.2) is 12.1 Å². The van der Waals surface area contributed by atoms with Gasteiger partial charge in [0.1, 0.15) is 11.5 Å². The maximum absolute atomic E-state index is 13.0. The van der Waals surface area contributed by atoms with E-state index >= 15 is 0 Å². The molecule has 0 aliphatic carbocycles. The summed E-state index contributed by atoms with van der Waals surface area (Å²) in [7, 11) is 0. The molecular weight excluding hydrogens is 191 g/mol. The Balaban J connectivity index is 2.75. The van der Waals surface area contributed by atoms with Gasteiger partial charge in [0.05, 0.1) is 0 Å². The van der Waals surface area contributed by atoms with Gasteiger partial charge in [0.2, 0.25) is 0 Å². The Hall–Kier alpha value is -1.19. The van der Waals surface area contributed by atoms with E-state index in [1.165, 1.54) is 0 Å². The van der Waals surface area contributed by atoms with Gasteiger partial charge in [-0.3, -0.25) is 0 Å².